The SMILES string of the molecule is C=CCN(C)c1ccc(CO)cc1Br. The molecule has 1 aromatic rings. The lowest BCUT2D eigenvalue weighted by atomic mass is 10.2. The number of anilines is 1. The average molecular weight is 256 g/mol. The molecular weight excluding hydrogens is 242 g/mol. The topological polar surface area (TPSA) is 23.5 Å². The average Bonchev–Trinajstić information content (AvgIpc) is 2.17. The molecule has 0 aromatic heterocycles. The van der Waals surface area contributed by atoms with Crippen LogP contribution in [0.1, 0.15) is 5.56 Å². The zero-order valence-corrected chi connectivity index (χ0v) is 9.79. The smallest absolute Gasteiger partial charge is 0.0682 e. The first-order valence-corrected chi connectivity index (χ1v) is 5.19. The highest BCUT2D eigenvalue weighted by molar-refractivity contribution is 9.10. The quantitative estimate of drug-likeness (QED) is 0.837. The molecule has 0 saturated heterocycles. The molecule has 0 aliphatic rings. The van der Waals surface area contributed by atoms with Gasteiger partial charge in [0.05, 0.1) is 12.3 Å². The molecule has 0 aliphatic carbocycles. The molecule has 0 bridgehead atoms. The van der Waals surface area contributed by atoms with Gasteiger partial charge in [-0.25, -0.2) is 0 Å². The number of aliphatic hydroxyl groups is 1. The molecule has 1 N–H and O–H groups in total. The van der Waals surface area contributed by atoms with Crippen molar-refractivity contribution in [2.75, 3.05) is 18.5 Å². The van der Waals surface area contributed by atoms with Gasteiger partial charge in [0.25, 0.3) is 0 Å². The maximum absolute atomic E-state index is 8.94. The van der Waals surface area contributed by atoms with Gasteiger partial charge in [0.1, 0.15) is 0 Å². The van der Waals surface area contributed by atoms with Crippen molar-refractivity contribution < 1.29 is 5.11 Å². The minimum Gasteiger partial charge on any atom is -0.392 e. The van der Waals surface area contributed by atoms with Crippen LogP contribution in [-0.4, -0.2) is 18.7 Å². The Bertz CT molecular complexity index is 325. The van der Waals surface area contributed by atoms with Crippen molar-refractivity contribution in [1.82, 2.24) is 0 Å². The van der Waals surface area contributed by atoms with E-state index in [0.29, 0.717) is 0 Å². The van der Waals surface area contributed by atoms with Gasteiger partial charge in [-0.15, -0.1) is 6.58 Å². The highest BCUT2D eigenvalue weighted by Gasteiger charge is 2.04. The highest BCUT2D eigenvalue weighted by atomic mass is 79.9. The maximum Gasteiger partial charge on any atom is 0.0682 e. The first-order valence-electron chi connectivity index (χ1n) is 4.40. The van der Waals surface area contributed by atoms with Gasteiger partial charge in [-0.1, -0.05) is 12.1 Å². The minimum atomic E-state index is 0.0735. The van der Waals surface area contributed by atoms with Crippen LogP contribution in [0.15, 0.2) is 35.3 Å². The van der Waals surface area contributed by atoms with Gasteiger partial charge < -0.3 is 10.0 Å². The van der Waals surface area contributed by atoms with Gasteiger partial charge in [0.15, 0.2) is 0 Å². The highest BCUT2D eigenvalue weighted by Crippen LogP contribution is 2.26. The van der Waals surface area contributed by atoms with Crippen LogP contribution in [0.2, 0.25) is 0 Å². The van der Waals surface area contributed by atoms with E-state index in [9.17, 15) is 0 Å². The second-order valence-corrected chi connectivity index (χ2v) is 3.97. The summed E-state index contributed by atoms with van der Waals surface area (Å²) in [6, 6.07) is 5.83. The van der Waals surface area contributed by atoms with E-state index in [2.05, 4.69) is 27.4 Å². The van der Waals surface area contributed by atoms with E-state index in [4.69, 9.17) is 5.11 Å². The van der Waals surface area contributed by atoms with Crippen LogP contribution in [-0.2, 0) is 6.61 Å². The molecule has 0 radical (unpaired) electrons. The molecular formula is C11H14BrNO. The fraction of sp³-hybridized carbons (Fsp3) is 0.273. The van der Waals surface area contributed by atoms with Gasteiger partial charge in [-0.05, 0) is 33.6 Å². The predicted octanol–water partition coefficient (Wildman–Crippen LogP) is 2.56. The van der Waals surface area contributed by atoms with E-state index >= 15 is 0 Å². The molecule has 3 heteroatoms. The van der Waals surface area contributed by atoms with Crippen LogP contribution >= 0.6 is 15.9 Å². The van der Waals surface area contributed by atoms with Crippen LogP contribution in [0.5, 0.6) is 0 Å². The zero-order chi connectivity index (χ0) is 10.6. The van der Waals surface area contributed by atoms with E-state index in [1.54, 1.807) is 0 Å². The van der Waals surface area contributed by atoms with Crippen molar-refractivity contribution in [3.63, 3.8) is 0 Å². The molecule has 0 saturated carbocycles. The second kappa shape index (κ2) is 5.17. The Labute approximate surface area is 93.0 Å². The standard InChI is InChI=1S/C11H14BrNO/c1-3-6-13(2)11-5-4-9(8-14)7-10(11)12/h3-5,7,14H,1,6,8H2,2H3. The van der Waals surface area contributed by atoms with Crippen LogP contribution in [0.3, 0.4) is 0 Å². The van der Waals surface area contributed by atoms with E-state index in [0.717, 1.165) is 22.3 Å². The summed E-state index contributed by atoms with van der Waals surface area (Å²) in [5.74, 6) is 0. The van der Waals surface area contributed by atoms with Crippen molar-refractivity contribution in [3.05, 3.63) is 40.9 Å². The summed E-state index contributed by atoms with van der Waals surface area (Å²) in [5.41, 5.74) is 2.01. The molecule has 0 spiro atoms. The van der Waals surface area contributed by atoms with E-state index in [1.807, 2.05) is 31.3 Å². The molecule has 76 valence electrons. The summed E-state index contributed by atoms with van der Waals surface area (Å²) in [4.78, 5) is 2.08. The molecule has 0 heterocycles. The van der Waals surface area contributed by atoms with Crippen LogP contribution in [0.25, 0.3) is 0 Å². The van der Waals surface area contributed by atoms with Gasteiger partial charge in [0.2, 0.25) is 0 Å². The number of rotatable bonds is 4. The summed E-state index contributed by atoms with van der Waals surface area (Å²) >= 11 is 3.47. The molecule has 0 atom stereocenters. The number of hydrogen-bond acceptors (Lipinski definition) is 2. The Morgan fingerprint density at radius 2 is 2.29 bits per heavy atom. The van der Waals surface area contributed by atoms with Crippen LogP contribution in [0, 0.1) is 0 Å². The first-order chi connectivity index (χ1) is 6.69. The maximum atomic E-state index is 8.94. The van der Waals surface area contributed by atoms with Gasteiger partial charge in [-0.2, -0.15) is 0 Å². The Morgan fingerprint density at radius 3 is 2.79 bits per heavy atom. The molecule has 0 unspecified atom stereocenters. The lowest BCUT2D eigenvalue weighted by Gasteiger charge is -2.19. The third-order valence-electron chi connectivity index (χ3n) is 2.01. The molecule has 1 aromatic carbocycles. The number of likely N-dealkylation sites (N-methyl/N-ethyl adjacent to an activating group) is 1. The van der Waals surface area contributed by atoms with E-state index < -0.39 is 0 Å². The third-order valence-corrected chi connectivity index (χ3v) is 2.64. The van der Waals surface area contributed by atoms with Crippen molar-refractivity contribution in [3.8, 4) is 0 Å². The molecule has 0 amide bonds. The Hall–Kier alpha value is -0.800. The van der Waals surface area contributed by atoms with Gasteiger partial charge in [-0.3, -0.25) is 0 Å². The minimum absolute atomic E-state index is 0.0735. The Balaban J connectivity index is 2.93. The monoisotopic (exact) mass is 255 g/mol. The summed E-state index contributed by atoms with van der Waals surface area (Å²) in [6.07, 6.45) is 1.85. The third kappa shape index (κ3) is 2.59. The van der Waals surface area contributed by atoms with Crippen molar-refractivity contribution in [2.45, 2.75) is 6.61 Å². The second-order valence-electron chi connectivity index (χ2n) is 3.11. The number of halogens is 1. The lowest BCUT2D eigenvalue weighted by Crippen LogP contribution is -2.16. The van der Waals surface area contributed by atoms with Crippen molar-refractivity contribution in [2.24, 2.45) is 0 Å². The fourth-order valence-corrected chi connectivity index (χ4v) is 1.98. The Morgan fingerprint density at radius 1 is 1.57 bits per heavy atom. The molecule has 2 nitrogen and oxygen atoms in total. The number of aliphatic hydroxyl groups excluding tert-OH is 1. The molecule has 0 aliphatic heterocycles. The molecule has 14 heavy (non-hydrogen) atoms. The summed E-state index contributed by atoms with van der Waals surface area (Å²) in [6.45, 7) is 4.57. The number of hydrogen-bond donors (Lipinski definition) is 1. The summed E-state index contributed by atoms with van der Waals surface area (Å²) in [5, 5.41) is 8.94. The van der Waals surface area contributed by atoms with Gasteiger partial charge >= 0.3 is 0 Å². The van der Waals surface area contributed by atoms with E-state index in [1.165, 1.54) is 0 Å². The largest absolute Gasteiger partial charge is 0.392 e. The van der Waals surface area contributed by atoms with E-state index in [-0.39, 0.29) is 6.61 Å². The first kappa shape index (κ1) is 11.3. The van der Waals surface area contributed by atoms with Gasteiger partial charge in [0, 0.05) is 18.1 Å². The summed E-state index contributed by atoms with van der Waals surface area (Å²) < 4.78 is 0.994. The molecule has 0 fully saturated rings. The van der Waals surface area contributed by atoms with Crippen LogP contribution < -0.4 is 4.90 Å². The predicted molar refractivity (Wildman–Crippen MR) is 63.5 cm³/mol. The van der Waals surface area contributed by atoms with Crippen molar-refractivity contribution in [1.29, 1.82) is 0 Å². The number of benzene rings is 1. The zero-order valence-electron chi connectivity index (χ0n) is 8.20. The summed E-state index contributed by atoms with van der Waals surface area (Å²) in [7, 11) is 2.00. The molecule has 1 rings (SSSR count). The fourth-order valence-electron chi connectivity index (χ4n) is 1.25. The lowest BCUT2D eigenvalue weighted by molar-refractivity contribution is 0.282. The van der Waals surface area contributed by atoms with Crippen molar-refractivity contribution >= 4 is 21.6 Å². The Kier molecular flexibility index (Phi) is 4.17. The van der Waals surface area contributed by atoms with Crippen LogP contribution in [0.4, 0.5) is 5.69 Å². The number of nitrogens with zero attached hydrogens (tertiary/aromatic N) is 1. The normalized spacial score (nSPS) is 9.93.